The van der Waals surface area contributed by atoms with Crippen molar-refractivity contribution in [1.82, 2.24) is 4.98 Å². The number of fused-ring (bicyclic) bond motifs is 2. The summed E-state index contributed by atoms with van der Waals surface area (Å²) >= 11 is 0. The topological polar surface area (TPSA) is 71.5 Å². The van der Waals surface area contributed by atoms with Crippen LogP contribution in [0.4, 0.5) is 11.5 Å². The molecule has 0 unspecified atom stereocenters. The van der Waals surface area contributed by atoms with E-state index in [4.69, 9.17) is 9.72 Å². The van der Waals surface area contributed by atoms with Crippen LogP contribution < -0.4 is 10.2 Å². The van der Waals surface area contributed by atoms with Crippen molar-refractivity contribution < 1.29 is 13.2 Å². The van der Waals surface area contributed by atoms with Gasteiger partial charge in [0.1, 0.15) is 5.82 Å². The van der Waals surface area contributed by atoms with Crippen LogP contribution in [0.15, 0.2) is 53.4 Å². The van der Waals surface area contributed by atoms with Gasteiger partial charge >= 0.3 is 0 Å². The van der Waals surface area contributed by atoms with E-state index in [2.05, 4.69) is 48.3 Å². The Bertz CT molecular complexity index is 1290. The fraction of sp³-hybridized carbons (Fsp3) is 0.423. The molecule has 0 saturated carbocycles. The van der Waals surface area contributed by atoms with Gasteiger partial charge in [-0.1, -0.05) is 43.2 Å². The predicted molar refractivity (Wildman–Crippen MR) is 133 cm³/mol. The summed E-state index contributed by atoms with van der Waals surface area (Å²) < 4.78 is 31.2. The van der Waals surface area contributed by atoms with Crippen LogP contribution in [0.2, 0.25) is 0 Å². The van der Waals surface area contributed by atoms with Crippen molar-refractivity contribution in [1.29, 1.82) is 0 Å². The fourth-order valence-corrected chi connectivity index (χ4v) is 6.43. The summed E-state index contributed by atoms with van der Waals surface area (Å²) in [6, 6.07) is 15.7. The van der Waals surface area contributed by atoms with Crippen molar-refractivity contribution in [3.8, 4) is 0 Å². The Morgan fingerprint density at radius 2 is 1.97 bits per heavy atom. The Kier molecular flexibility index (Phi) is 5.79. The highest BCUT2D eigenvalue weighted by Crippen LogP contribution is 2.35. The SMILES string of the molecule is CCCC1(CNc2cc(N3CCS(=O)(=O)c4ccccc4C3)nc3ccc(C)cc23)COC1. The van der Waals surface area contributed by atoms with Gasteiger partial charge in [-0.2, -0.15) is 0 Å². The molecule has 7 heteroatoms. The monoisotopic (exact) mass is 465 g/mol. The van der Waals surface area contributed by atoms with Gasteiger partial charge in [0, 0.05) is 42.2 Å². The summed E-state index contributed by atoms with van der Waals surface area (Å²) in [5, 5.41) is 4.80. The summed E-state index contributed by atoms with van der Waals surface area (Å²) in [5.74, 6) is 0.882. The number of ether oxygens (including phenoxy) is 1. The van der Waals surface area contributed by atoms with E-state index < -0.39 is 9.84 Å². The zero-order valence-corrected chi connectivity index (χ0v) is 20.1. The molecule has 1 N–H and O–H groups in total. The number of benzene rings is 2. The number of aryl methyl sites for hydroxylation is 1. The second kappa shape index (κ2) is 8.61. The Hall–Kier alpha value is -2.64. The Morgan fingerprint density at radius 1 is 1.15 bits per heavy atom. The van der Waals surface area contributed by atoms with E-state index in [1.165, 1.54) is 5.56 Å². The van der Waals surface area contributed by atoms with Crippen LogP contribution in [0.1, 0.15) is 30.9 Å². The van der Waals surface area contributed by atoms with Gasteiger partial charge in [0.15, 0.2) is 9.84 Å². The van der Waals surface area contributed by atoms with E-state index in [9.17, 15) is 8.42 Å². The number of pyridine rings is 1. The van der Waals surface area contributed by atoms with Crippen molar-refractivity contribution in [2.75, 3.05) is 42.3 Å². The van der Waals surface area contributed by atoms with Gasteiger partial charge in [-0.3, -0.25) is 0 Å². The lowest BCUT2D eigenvalue weighted by atomic mass is 9.81. The third-order valence-corrected chi connectivity index (χ3v) is 8.61. The van der Waals surface area contributed by atoms with Gasteiger partial charge in [0.05, 0.1) is 29.4 Å². The number of hydrogen-bond acceptors (Lipinski definition) is 6. The van der Waals surface area contributed by atoms with Crippen molar-refractivity contribution in [2.24, 2.45) is 5.41 Å². The average Bonchev–Trinajstić information content (AvgIpc) is 2.91. The molecule has 2 aromatic carbocycles. The zero-order chi connectivity index (χ0) is 23.1. The van der Waals surface area contributed by atoms with Crippen molar-refractivity contribution in [3.63, 3.8) is 0 Å². The minimum Gasteiger partial charge on any atom is -0.384 e. The number of nitrogens with zero attached hydrogens (tertiary/aromatic N) is 2. The van der Waals surface area contributed by atoms with Crippen LogP contribution in [0.5, 0.6) is 0 Å². The number of rotatable bonds is 6. The summed E-state index contributed by atoms with van der Waals surface area (Å²) in [6.45, 7) is 7.68. The zero-order valence-electron chi connectivity index (χ0n) is 19.3. The van der Waals surface area contributed by atoms with E-state index in [0.29, 0.717) is 18.0 Å². The van der Waals surface area contributed by atoms with Crippen LogP contribution in [-0.2, 0) is 21.1 Å². The summed E-state index contributed by atoms with van der Waals surface area (Å²) in [5.41, 5.74) is 4.15. The number of sulfone groups is 1. The second-order valence-corrected chi connectivity index (χ2v) is 11.6. The highest BCUT2D eigenvalue weighted by Gasteiger charge is 2.37. The Labute approximate surface area is 195 Å². The van der Waals surface area contributed by atoms with Crippen LogP contribution in [0.3, 0.4) is 0 Å². The molecule has 0 radical (unpaired) electrons. The number of hydrogen-bond donors (Lipinski definition) is 1. The molecule has 0 amide bonds. The smallest absolute Gasteiger partial charge is 0.180 e. The van der Waals surface area contributed by atoms with Crippen LogP contribution in [-0.4, -0.2) is 45.5 Å². The lowest BCUT2D eigenvalue weighted by Crippen LogP contribution is -2.47. The molecule has 6 nitrogen and oxygen atoms in total. The fourth-order valence-electron chi connectivity index (χ4n) is 4.93. The quantitative estimate of drug-likeness (QED) is 0.575. The standard InChI is InChI=1S/C26H31N3O3S/c1-3-10-26(17-32-18-26)16-27-23-14-25(28-22-9-8-19(2)13-21(22)23)29-11-12-33(30,31)24-7-5-4-6-20(24)15-29/h4-9,13-14H,3,10-12,15-18H2,1-2H3,(H,27,28). The van der Waals surface area contributed by atoms with Gasteiger partial charge in [-0.25, -0.2) is 13.4 Å². The van der Waals surface area contributed by atoms with E-state index >= 15 is 0 Å². The summed E-state index contributed by atoms with van der Waals surface area (Å²) in [6.07, 6.45) is 2.27. The first kappa shape index (κ1) is 22.2. The number of nitrogens with one attached hydrogen (secondary N) is 1. The molecular weight excluding hydrogens is 434 g/mol. The molecule has 1 saturated heterocycles. The molecule has 0 spiro atoms. The lowest BCUT2D eigenvalue weighted by molar-refractivity contribution is -0.109. The number of aromatic nitrogens is 1. The van der Waals surface area contributed by atoms with Crippen LogP contribution >= 0.6 is 0 Å². The van der Waals surface area contributed by atoms with Gasteiger partial charge in [0.2, 0.25) is 0 Å². The molecule has 0 aliphatic carbocycles. The van der Waals surface area contributed by atoms with Gasteiger partial charge < -0.3 is 15.0 Å². The van der Waals surface area contributed by atoms with E-state index in [1.807, 2.05) is 12.1 Å². The first-order chi connectivity index (χ1) is 15.9. The van der Waals surface area contributed by atoms with E-state index in [1.54, 1.807) is 12.1 Å². The van der Waals surface area contributed by atoms with Gasteiger partial charge in [-0.15, -0.1) is 0 Å². The molecule has 1 aromatic heterocycles. The third-order valence-electron chi connectivity index (χ3n) is 6.82. The minimum atomic E-state index is -3.31. The third kappa shape index (κ3) is 4.32. The average molecular weight is 466 g/mol. The molecule has 0 atom stereocenters. The molecule has 3 heterocycles. The maximum absolute atomic E-state index is 12.8. The second-order valence-electron chi connectivity index (χ2n) is 9.49. The van der Waals surface area contributed by atoms with E-state index in [-0.39, 0.29) is 11.2 Å². The molecule has 5 rings (SSSR count). The van der Waals surface area contributed by atoms with Crippen LogP contribution in [0, 0.1) is 12.3 Å². The molecule has 3 aromatic rings. The first-order valence-electron chi connectivity index (χ1n) is 11.7. The normalized spacial score (nSPS) is 18.9. The summed E-state index contributed by atoms with van der Waals surface area (Å²) in [4.78, 5) is 7.47. The Morgan fingerprint density at radius 3 is 2.73 bits per heavy atom. The van der Waals surface area contributed by atoms with E-state index in [0.717, 1.165) is 60.6 Å². The van der Waals surface area contributed by atoms with Gasteiger partial charge in [-0.05, 0) is 37.1 Å². The molecule has 33 heavy (non-hydrogen) atoms. The molecular formula is C26H31N3O3S. The molecule has 2 aliphatic heterocycles. The number of anilines is 2. The Balaban J connectivity index is 1.52. The molecule has 0 bridgehead atoms. The van der Waals surface area contributed by atoms with Gasteiger partial charge in [0.25, 0.3) is 0 Å². The van der Waals surface area contributed by atoms with Crippen molar-refractivity contribution in [2.45, 2.75) is 38.1 Å². The van der Waals surface area contributed by atoms with Crippen LogP contribution in [0.25, 0.3) is 10.9 Å². The molecule has 1 fully saturated rings. The van der Waals surface area contributed by atoms with Crippen molar-refractivity contribution in [3.05, 3.63) is 59.7 Å². The largest absolute Gasteiger partial charge is 0.384 e. The van der Waals surface area contributed by atoms with Crippen molar-refractivity contribution >= 4 is 32.2 Å². The maximum atomic E-state index is 12.8. The lowest BCUT2D eigenvalue weighted by Gasteiger charge is -2.42. The highest BCUT2D eigenvalue weighted by molar-refractivity contribution is 7.91. The minimum absolute atomic E-state index is 0.0807. The molecule has 174 valence electrons. The first-order valence-corrected chi connectivity index (χ1v) is 13.3. The molecule has 2 aliphatic rings. The maximum Gasteiger partial charge on any atom is 0.180 e. The predicted octanol–water partition coefficient (Wildman–Crippen LogP) is 4.57. The highest BCUT2D eigenvalue weighted by atomic mass is 32.2. The summed E-state index contributed by atoms with van der Waals surface area (Å²) in [7, 11) is -3.31.